The van der Waals surface area contributed by atoms with E-state index in [1.54, 1.807) is 7.11 Å². The number of ether oxygens (including phenoxy) is 1. The zero-order valence-electron chi connectivity index (χ0n) is 13.0. The van der Waals surface area contributed by atoms with Gasteiger partial charge in [0.15, 0.2) is 0 Å². The number of hydrogen-bond donors (Lipinski definition) is 1. The van der Waals surface area contributed by atoms with Crippen molar-refractivity contribution in [1.29, 1.82) is 0 Å². The summed E-state index contributed by atoms with van der Waals surface area (Å²) in [5.74, 6) is 0.784. The van der Waals surface area contributed by atoms with E-state index in [1.165, 1.54) is 25.8 Å². The van der Waals surface area contributed by atoms with Crippen LogP contribution >= 0.6 is 0 Å². The second-order valence-corrected chi connectivity index (χ2v) is 6.67. The molecule has 18 heavy (non-hydrogen) atoms. The van der Waals surface area contributed by atoms with E-state index >= 15 is 0 Å². The van der Waals surface area contributed by atoms with Crippen LogP contribution in [0.25, 0.3) is 0 Å². The lowest BCUT2D eigenvalue weighted by molar-refractivity contribution is 0.107. The van der Waals surface area contributed by atoms with Crippen LogP contribution in [0.1, 0.15) is 39.5 Å². The normalized spacial score (nSPS) is 27.7. The molecule has 1 aliphatic rings. The monoisotopic (exact) mass is 256 g/mol. The van der Waals surface area contributed by atoms with E-state index in [2.05, 4.69) is 38.2 Å². The molecule has 1 N–H and O–H groups in total. The molecular weight excluding hydrogens is 224 g/mol. The van der Waals surface area contributed by atoms with Crippen LogP contribution in [0.15, 0.2) is 0 Å². The average Bonchev–Trinajstić information content (AvgIpc) is 2.28. The number of methoxy groups -OCH3 is 1. The van der Waals surface area contributed by atoms with Crippen LogP contribution in [0, 0.1) is 11.3 Å². The second-order valence-electron chi connectivity index (χ2n) is 6.67. The molecule has 3 heteroatoms. The molecule has 1 fully saturated rings. The molecule has 0 aliphatic heterocycles. The highest BCUT2D eigenvalue weighted by atomic mass is 16.5. The van der Waals surface area contributed by atoms with Crippen LogP contribution < -0.4 is 5.32 Å². The highest BCUT2D eigenvalue weighted by molar-refractivity contribution is 4.89. The van der Waals surface area contributed by atoms with Crippen LogP contribution in [-0.4, -0.2) is 51.8 Å². The molecule has 108 valence electrons. The van der Waals surface area contributed by atoms with E-state index in [1.807, 2.05) is 0 Å². The van der Waals surface area contributed by atoms with Crippen LogP contribution in [0.4, 0.5) is 0 Å². The fraction of sp³-hybridized carbons (Fsp3) is 1.00. The Morgan fingerprint density at radius 3 is 2.72 bits per heavy atom. The first kappa shape index (κ1) is 15.9. The number of hydrogen-bond acceptors (Lipinski definition) is 3. The molecule has 0 saturated heterocycles. The molecule has 2 unspecified atom stereocenters. The summed E-state index contributed by atoms with van der Waals surface area (Å²) in [7, 11) is 6.13. The summed E-state index contributed by atoms with van der Waals surface area (Å²) >= 11 is 0. The maximum absolute atomic E-state index is 5.12. The molecular formula is C15H32N2O. The van der Waals surface area contributed by atoms with Crippen molar-refractivity contribution in [3.63, 3.8) is 0 Å². The zero-order chi connectivity index (χ0) is 13.6. The number of nitrogens with one attached hydrogen (secondary N) is 1. The topological polar surface area (TPSA) is 24.5 Å². The van der Waals surface area contributed by atoms with Gasteiger partial charge in [-0.15, -0.1) is 0 Å². The fourth-order valence-corrected chi connectivity index (χ4v) is 3.28. The molecule has 0 spiro atoms. The lowest BCUT2D eigenvalue weighted by Gasteiger charge is -2.42. The standard InChI is InChI=1S/C15H32N2O/c1-15(2)8-7-14(16-3)13(11-15)12-17(4)9-6-10-18-5/h13-14,16H,6-12H2,1-5H3. The minimum Gasteiger partial charge on any atom is -0.385 e. The Labute approximate surface area is 113 Å². The molecule has 0 aromatic rings. The van der Waals surface area contributed by atoms with Gasteiger partial charge in [-0.1, -0.05) is 13.8 Å². The van der Waals surface area contributed by atoms with E-state index in [0.717, 1.165) is 25.5 Å². The predicted octanol–water partition coefficient (Wildman–Crippen LogP) is 2.37. The van der Waals surface area contributed by atoms with E-state index in [4.69, 9.17) is 4.74 Å². The lowest BCUT2D eigenvalue weighted by atomic mass is 9.70. The van der Waals surface area contributed by atoms with Gasteiger partial charge >= 0.3 is 0 Å². The fourth-order valence-electron chi connectivity index (χ4n) is 3.28. The minimum atomic E-state index is 0.519. The zero-order valence-corrected chi connectivity index (χ0v) is 13.0. The van der Waals surface area contributed by atoms with Gasteiger partial charge in [0, 0.05) is 32.8 Å². The Morgan fingerprint density at radius 1 is 1.39 bits per heavy atom. The summed E-state index contributed by atoms with van der Waals surface area (Å²) in [4.78, 5) is 2.47. The average molecular weight is 256 g/mol. The molecule has 0 amide bonds. The molecule has 0 bridgehead atoms. The Hall–Kier alpha value is -0.120. The summed E-state index contributed by atoms with van der Waals surface area (Å²) < 4.78 is 5.12. The van der Waals surface area contributed by atoms with Gasteiger partial charge in [0.1, 0.15) is 0 Å². The Balaban J connectivity index is 2.40. The van der Waals surface area contributed by atoms with Crippen LogP contribution in [0.2, 0.25) is 0 Å². The van der Waals surface area contributed by atoms with Gasteiger partial charge in [0.2, 0.25) is 0 Å². The van der Waals surface area contributed by atoms with Crippen molar-refractivity contribution in [1.82, 2.24) is 10.2 Å². The largest absolute Gasteiger partial charge is 0.385 e. The van der Waals surface area contributed by atoms with Gasteiger partial charge in [-0.2, -0.15) is 0 Å². The van der Waals surface area contributed by atoms with Crippen molar-refractivity contribution in [2.75, 3.05) is 40.9 Å². The summed E-state index contributed by atoms with van der Waals surface area (Å²) in [6.45, 7) is 8.05. The van der Waals surface area contributed by atoms with Crippen LogP contribution in [0.3, 0.4) is 0 Å². The van der Waals surface area contributed by atoms with Crippen molar-refractivity contribution in [3.8, 4) is 0 Å². The first-order valence-electron chi connectivity index (χ1n) is 7.33. The molecule has 0 aromatic heterocycles. The van der Waals surface area contributed by atoms with E-state index in [-0.39, 0.29) is 0 Å². The summed E-state index contributed by atoms with van der Waals surface area (Å²) in [6, 6.07) is 0.697. The predicted molar refractivity (Wildman–Crippen MR) is 78.0 cm³/mol. The highest BCUT2D eigenvalue weighted by Gasteiger charge is 2.34. The third kappa shape index (κ3) is 5.25. The van der Waals surface area contributed by atoms with Crippen molar-refractivity contribution >= 4 is 0 Å². The van der Waals surface area contributed by atoms with Crippen molar-refractivity contribution < 1.29 is 4.74 Å². The van der Waals surface area contributed by atoms with Gasteiger partial charge in [-0.25, -0.2) is 0 Å². The molecule has 0 radical (unpaired) electrons. The van der Waals surface area contributed by atoms with Crippen molar-refractivity contribution in [2.45, 2.75) is 45.6 Å². The Morgan fingerprint density at radius 2 is 2.11 bits per heavy atom. The van der Waals surface area contributed by atoms with Gasteiger partial charge in [0.05, 0.1) is 0 Å². The molecule has 0 heterocycles. The first-order chi connectivity index (χ1) is 8.48. The lowest BCUT2D eigenvalue weighted by Crippen LogP contribution is -2.46. The SMILES string of the molecule is CNC1CCC(C)(C)CC1CN(C)CCCOC. The van der Waals surface area contributed by atoms with Crippen molar-refractivity contribution in [3.05, 3.63) is 0 Å². The Bertz CT molecular complexity index is 231. The van der Waals surface area contributed by atoms with Crippen molar-refractivity contribution in [2.24, 2.45) is 11.3 Å². The number of rotatable bonds is 7. The van der Waals surface area contributed by atoms with E-state index in [0.29, 0.717) is 11.5 Å². The second kappa shape index (κ2) is 7.46. The number of nitrogens with zero attached hydrogens (tertiary/aromatic N) is 1. The third-order valence-corrected chi connectivity index (χ3v) is 4.32. The van der Waals surface area contributed by atoms with Gasteiger partial charge in [-0.3, -0.25) is 0 Å². The smallest absolute Gasteiger partial charge is 0.0474 e. The molecule has 1 rings (SSSR count). The van der Waals surface area contributed by atoms with Crippen LogP contribution in [-0.2, 0) is 4.74 Å². The van der Waals surface area contributed by atoms with Gasteiger partial charge < -0.3 is 15.0 Å². The van der Waals surface area contributed by atoms with Gasteiger partial charge in [0.25, 0.3) is 0 Å². The third-order valence-electron chi connectivity index (χ3n) is 4.32. The molecule has 1 saturated carbocycles. The Kier molecular flexibility index (Phi) is 6.61. The van der Waals surface area contributed by atoms with E-state index < -0.39 is 0 Å². The molecule has 2 atom stereocenters. The molecule has 3 nitrogen and oxygen atoms in total. The summed E-state index contributed by atoms with van der Waals surface area (Å²) in [6.07, 6.45) is 5.14. The maximum Gasteiger partial charge on any atom is 0.0474 e. The minimum absolute atomic E-state index is 0.519. The maximum atomic E-state index is 5.12. The van der Waals surface area contributed by atoms with E-state index in [9.17, 15) is 0 Å². The highest BCUT2D eigenvalue weighted by Crippen LogP contribution is 2.38. The quantitative estimate of drug-likeness (QED) is 0.708. The van der Waals surface area contributed by atoms with Crippen LogP contribution in [0.5, 0.6) is 0 Å². The summed E-state index contributed by atoms with van der Waals surface area (Å²) in [5.41, 5.74) is 0.519. The molecule has 0 aromatic carbocycles. The first-order valence-corrected chi connectivity index (χ1v) is 7.33. The molecule has 1 aliphatic carbocycles. The summed E-state index contributed by atoms with van der Waals surface area (Å²) in [5, 5.41) is 3.51. The van der Waals surface area contributed by atoms with Gasteiger partial charge in [-0.05, 0) is 51.1 Å².